The molecule has 1 heterocycles. The van der Waals surface area contributed by atoms with E-state index in [1.807, 2.05) is 0 Å². The van der Waals surface area contributed by atoms with E-state index in [4.69, 9.17) is 0 Å². The molecular weight excluding hydrogens is 815 g/mol. The Balaban J connectivity index is 1.09. The fraction of sp³-hybridized carbons (Fsp3) is 0.0312. The van der Waals surface area contributed by atoms with Crippen LogP contribution in [0.1, 0.15) is 44.5 Å². The topological polar surface area (TPSA) is 3.24 Å². The van der Waals surface area contributed by atoms with Crippen LogP contribution in [0.25, 0.3) is 43.5 Å². The highest BCUT2D eigenvalue weighted by Crippen LogP contribution is 2.61. The SMILES string of the molecule is c1ccc(C2(c3ccccc3)c3ccccc3-c3ccc(N(c4ccc(-c5ccc6sccc6c5)cc4)c4cccc5c4-c4ccccc4C5(c4ccccc4)c4ccccc4)cc32)cc1. The van der Waals surface area contributed by atoms with Gasteiger partial charge in [-0.15, -0.1) is 11.3 Å². The van der Waals surface area contributed by atoms with E-state index in [9.17, 15) is 0 Å². The van der Waals surface area contributed by atoms with Gasteiger partial charge < -0.3 is 4.90 Å². The standard InChI is InChI=1S/C64H43NS/c1-5-18-47(19-6-1)63(48-20-7-2-8-21-48)57-29-16-14-27-55(57)62-58(63)30-17-31-60(62)65(51-35-32-44(33-36-51)45-34-39-61-46(42-45)40-41-66-61)52-37-38-54-53-26-13-15-28-56(53)64(59(54)43-52,49-22-9-3-10-23-49)50-24-11-4-12-25-50/h1-43H. The third-order valence-electron chi connectivity index (χ3n) is 14.3. The summed E-state index contributed by atoms with van der Waals surface area (Å²) in [5, 5.41) is 3.46. The highest BCUT2D eigenvalue weighted by molar-refractivity contribution is 7.17. The fourth-order valence-electron chi connectivity index (χ4n) is 11.6. The number of rotatable bonds is 8. The third kappa shape index (κ3) is 5.59. The largest absolute Gasteiger partial charge is 0.310 e. The number of benzene rings is 10. The molecule has 0 saturated carbocycles. The summed E-state index contributed by atoms with van der Waals surface area (Å²) in [5.74, 6) is 0. The molecule has 0 unspecified atom stereocenters. The first kappa shape index (κ1) is 38.4. The Morgan fingerprint density at radius 2 is 0.803 bits per heavy atom. The molecule has 0 atom stereocenters. The van der Waals surface area contributed by atoms with E-state index in [0.717, 1.165) is 17.1 Å². The minimum Gasteiger partial charge on any atom is -0.310 e. The Bertz CT molecular complexity index is 3490. The Kier molecular flexibility index (Phi) is 8.91. The van der Waals surface area contributed by atoms with Crippen LogP contribution in [0.3, 0.4) is 0 Å². The Morgan fingerprint density at radius 3 is 1.42 bits per heavy atom. The number of hydrogen-bond acceptors (Lipinski definition) is 2. The molecule has 66 heavy (non-hydrogen) atoms. The molecule has 0 aliphatic heterocycles. The number of fused-ring (bicyclic) bond motifs is 7. The summed E-state index contributed by atoms with van der Waals surface area (Å²) < 4.78 is 1.31. The molecule has 310 valence electrons. The second kappa shape index (κ2) is 15.3. The van der Waals surface area contributed by atoms with Gasteiger partial charge in [0.15, 0.2) is 0 Å². The summed E-state index contributed by atoms with van der Waals surface area (Å²) in [7, 11) is 0. The minimum atomic E-state index is -0.540. The van der Waals surface area contributed by atoms with E-state index >= 15 is 0 Å². The smallest absolute Gasteiger partial charge is 0.0714 e. The lowest BCUT2D eigenvalue weighted by molar-refractivity contribution is 0.768. The van der Waals surface area contributed by atoms with Crippen molar-refractivity contribution in [3.8, 4) is 33.4 Å². The highest BCUT2D eigenvalue weighted by Gasteiger charge is 2.49. The lowest BCUT2D eigenvalue weighted by Crippen LogP contribution is -2.29. The van der Waals surface area contributed by atoms with E-state index in [-0.39, 0.29) is 0 Å². The maximum absolute atomic E-state index is 2.53. The Morgan fingerprint density at radius 1 is 0.318 bits per heavy atom. The molecule has 0 saturated heterocycles. The summed E-state index contributed by atoms with van der Waals surface area (Å²) in [5.41, 5.74) is 19.9. The molecule has 2 aliphatic rings. The van der Waals surface area contributed by atoms with Crippen molar-refractivity contribution < 1.29 is 0 Å². The van der Waals surface area contributed by atoms with Crippen LogP contribution in [0.5, 0.6) is 0 Å². The van der Waals surface area contributed by atoms with Crippen molar-refractivity contribution >= 4 is 38.5 Å². The van der Waals surface area contributed by atoms with Gasteiger partial charge in [-0.2, -0.15) is 0 Å². The minimum absolute atomic E-state index is 0.532. The normalized spacial score (nSPS) is 13.7. The molecule has 0 radical (unpaired) electrons. The van der Waals surface area contributed by atoms with Crippen LogP contribution in [0.15, 0.2) is 260 Å². The molecule has 0 fully saturated rings. The van der Waals surface area contributed by atoms with Gasteiger partial charge in [0.25, 0.3) is 0 Å². The van der Waals surface area contributed by atoms with Gasteiger partial charge in [-0.3, -0.25) is 0 Å². The van der Waals surface area contributed by atoms with Crippen LogP contribution in [0, 0.1) is 0 Å². The molecule has 13 rings (SSSR count). The van der Waals surface area contributed by atoms with Crippen molar-refractivity contribution in [2.45, 2.75) is 10.8 Å². The average Bonchev–Trinajstić information content (AvgIpc) is 4.08. The molecule has 11 aromatic rings. The zero-order valence-corrected chi connectivity index (χ0v) is 37.0. The van der Waals surface area contributed by atoms with E-state index in [1.54, 1.807) is 11.3 Å². The lowest BCUT2D eigenvalue weighted by atomic mass is 9.67. The van der Waals surface area contributed by atoms with Gasteiger partial charge in [-0.25, -0.2) is 0 Å². The summed E-state index contributed by atoms with van der Waals surface area (Å²) in [4.78, 5) is 2.53. The Labute approximate surface area is 390 Å². The molecule has 0 amide bonds. The quantitative estimate of drug-likeness (QED) is 0.147. The van der Waals surface area contributed by atoms with Crippen LogP contribution >= 0.6 is 11.3 Å². The number of thiophene rings is 1. The van der Waals surface area contributed by atoms with Gasteiger partial charge in [-0.05, 0) is 132 Å². The van der Waals surface area contributed by atoms with Crippen molar-refractivity contribution in [3.05, 3.63) is 305 Å². The van der Waals surface area contributed by atoms with Gasteiger partial charge in [0.2, 0.25) is 0 Å². The lowest BCUT2D eigenvalue weighted by Gasteiger charge is -2.35. The predicted octanol–water partition coefficient (Wildman–Crippen LogP) is 16.8. The molecule has 1 nitrogen and oxygen atoms in total. The van der Waals surface area contributed by atoms with E-state index in [0.29, 0.717) is 0 Å². The summed E-state index contributed by atoms with van der Waals surface area (Å²) in [6, 6.07) is 95.1. The molecule has 2 aliphatic carbocycles. The highest BCUT2D eigenvalue weighted by atomic mass is 32.1. The molecule has 10 aromatic carbocycles. The van der Waals surface area contributed by atoms with Crippen molar-refractivity contribution in [1.82, 2.24) is 0 Å². The number of hydrogen-bond donors (Lipinski definition) is 0. The van der Waals surface area contributed by atoms with Gasteiger partial charge in [-0.1, -0.05) is 206 Å². The second-order valence-corrected chi connectivity index (χ2v) is 18.5. The van der Waals surface area contributed by atoms with E-state index in [2.05, 4.69) is 265 Å². The van der Waals surface area contributed by atoms with Gasteiger partial charge >= 0.3 is 0 Å². The first-order valence-corrected chi connectivity index (χ1v) is 23.7. The molecule has 2 heteroatoms. The van der Waals surface area contributed by atoms with Crippen LogP contribution in [0.2, 0.25) is 0 Å². The summed E-state index contributed by atoms with van der Waals surface area (Å²) in [6.45, 7) is 0. The molecule has 0 spiro atoms. The van der Waals surface area contributed by atoms with Crippen molar-refractivity contribution in [3.63, 3.8) is 0 Å². The van der Waals surface area contributed by atoms with Gasteiger partial charge in [0.05, 0.1) is 16.5 Å². The summed E-state index contributed by atoms with van der Waals surface area (Å²) >= 11 is 1.79. The van der Waals surface area contributed by atoms with Crippen LogP contribution < -0.4 is 4.90 Å². The average molecular weight is 858 g/mol. The van der Waals surface area contributed by atoms with Crippen LogP contribution in [-0.2, 0) is 10.8 Å². The second-order valence-electron chi connectivity index (χ2n) is 17.5. The molecule has 1 aromatic heterocycles. The van der Waals surface area contributed by atoms with Crippen molar-refractivity contribution in [2.75, 3.05) is 4.90 Å². The van der Waals surface area contributed by atoms with Crippen LogP contribution in [0.4, 0.5) is 17.1 Å². The maximum atomic E-state index is 2.53. The van der Waals surface area contributed by atoms with Crippen molar-refractivity contribution in [1.29, 1.82) is 0 Å². The fourth-order valence-corrected chi connectivity index (χ4v) is 12.4. The van der Waals surface area contributed by atoms with Gasteiger partial charge in [0, 0.05) is 21.6 Å². The maximum Gasteiger partial charge on any atom is 0.0714 e. The first-order valence-electron chi connectivity index (χ1n) is 22.8. The zero-order valence-electron chi connectivity index (χ0n) is 36.2. The third-order valence-corrected chi connectivity index (χ3v) is 15.2. The Hall–Kier alpha value is -8.04. The van der Waals surface area contributed by atoms with E-state index < -0.39 is 10.8 Å². The first-order chi connectivity index (χ1) is 32.7. The molecular formula is C64H43NS. The zero-order chi connectivity index (χ0) is 43.7. The van der Waals surface area contributed by atoms with Crippen molar-refractivity contribution in [2.24, 2.45) is 0 Å². The van der Waals surface area contributed by atoms with Crippen LogP contribution in [-0.4, -0.2) is 0 Å². The van der Waals surface area contributed by atoms with E-state index in [1.165, 1.54) is 88.0 Å². The monoisotopic (exact) mass is 857 g/mol. The molecule has 0 N–H and O–H groups in total. The number of nitrogens with zero attached hydrogens (tertiary/aromatic N) is 1. The van der Waals surface area contributed by atoms with Gasteiger partial charge in [0.1, 0.15) is 0 Å². The molecule has 0 bridgehead atoms. The predicted molar refractivity (Wildman–Crippen MR) is 277 cm³/mol. The summed E-state index contributed by atoms with van der Waals surface area (Å²) in [6.07, 6.45) is 0. The number of anilines is 3.